The maximum absolute atomic E-state index is 2.33. The van der Waals surface area contributed by atoms with Crippen LogP contribution >= 0.6 is 22.7 Å². The molecular formula is C46H30Cl2HfS2. The molecule has 244 valence electrons. The van der Waals surface area contributed by atoms with E-state index in [1.165, 1.54) is 84.9 Å². The number of thiophene rings is 2. The van der Waals surface area contributed by atoms with Crippen LogP contribution in [0.3, 0.4) is 0 Å². The van der Waals surface area contributed by atoms with Crippen molar-refractivity contribution in [2.75, 3.05) is 0 Å². The molecule has 0 saturated heterocycles. The van der Waals surface area contributed by atoms with Crippen molar-refractivity contribution < 1.29 is 50.7 Å². The standard InChI is InChI=1S/2C23H15S.2ClH.Hf/c2*1-2-7-17(8-3-1)22-12-13-23(24-22)19-14-18-11-10-16-6-4-5-9-20(16)21(18)15-19;;;/h2*1-15H;2*1H;/q2*-1;;;+4/p-2. The largest absolute Gasteiger partial charge is 4.00 e. The Bertz CT molecular complexity index is 2490. The molecule has 0 amide bonds. The molecule has 51 heavy (non-hydrogen) atoms. The first-order chi connectivity index (χ1) is 23.8. The predicted octanol–water partition coefficient (Wildman–Crippen LogP) is 8.22. The van der Waals surface area contributed by atoms with Crippen molar-refractivity contribution in [2.45, 2.75) is 0 Å². The molecule has 0 bridgehead atoms. The average Bonchev–Trinajstić information content (AvgIpc) is 3.98. The maximum atomic E-state index is 2.33. The number of fused-ring (bicyclic) bond motifs is 6. The van der Waals surface area contributed by atoms with Gasteiger partial charge in [-0.15, -0.1) is 69.1 Å². The zero-order valence-electron chi connectivity index (χ0n) is 27.4. The summed E-state index contributed by atoms with van der Waals surface area (Å²) in [6, 6.07) is 65.5. The van der Waals surface area contributed by atoms with Gasteiger partial charge in [-0.2, -0.15) is 22.7 Å². The van der Waals surface area contributed by atoms with Gasteiger partial charge >= 0.3 is 25.8 Å². The SMILES string of the molecule is [Cl-].[Cl-].[Hf+4].c1ccc(-c2ccc(-c3cc4c(ccc5ccccc54)[cH-]3)s2)cc1.c1ccc(-c2ccc(-c3cc4c(ccc5ccccc54)[cH-]3)s2)cc1. The van der Waals surface area contributed by atoms with Crippen molar-refractivity contribution in [3.8, 4) is 41.8 Å². The van der Waals surface area contributed by atoms with Crippen LogP contribution in [0.15, 0.2) is 182 Å². The summed E-state index contributed by atoms with van der Waals surface area (Å²) in [5.74, 6) is 0. The van der Waals surface area contributed by atoms with Crippen molar-refractivity contribution in [1.29, 1.82) is 0 Å². The third-order valence-electron chi connectivity index (χ3n) is 9.13. The Labute approximate surface area is 337 Å². The Morgan fingerprint density at radius 3 is 1.14 bits per heavy atom. The fourth-order valence-corrected chi connectivity index (χ4v) is 8.71. The van der Waals surface area contributed by atoms with Crippen LogP contribution < -0.4 is 24.8 Å². The molecule has 10 rings (SSSR count). The third-order valence-corrected chi connectivity index (χ3v) is 11.5. The van der Waals surface area contributed by atoms with Gasteiger partial charge in [-0.05, 0) is 31.7 Å². The quantitative estimate of drug-likeness (QED) is 0.124. The van der Waals surface area contributed by atoms with E-state index in [1.807, 2.05) is 22.7 Å². The van der Waals surface area contributed by atoms with Crippen LogP contribution in [0.1, 0.15) is 0 Å². The minimum atomic E-state index is 0. The molecule has 0 unspecified atom stereocenters. The minimum Gasteiger partial charge on any atom is -1.00 e. The molecule has 5 heteroatoms. The molecule has 0 atom stereocenters. The molecule has 2 heterocycles. The van der Waals surface area contributed by atoms with Gasteiger partial charge in [0, 0.05) is 9.75 Å². The van der Waals surface area contributed by atoms with Crippen LogP contribution in [0.5, 0.6) is 0 Å². The Balaban J connectivity index is 0.000000166. The first kappa shape index (κ1) is 36.7. The summed E-state index contributed by atoms with van der Waals surface area (Å²) in [7, 11) is 0. The molecule has 8 aromatic carbocycles. The van der Waals surface area contributed by atoms with Gasteiger partial charge in [0.05, 0.1) is 0 Å². The molecule has 0 N–H and O–H groups in total. The second-order valence-corrected chi connectivity index (χ2v) is 14.3. The second kappa shape index (κ2) is 16.1. The fraction of sp³-hybridized carbons (Fsp3) is 0. The van der Waals surface area contributed by atoms with Crippen molar-refractivity contribution in [3.63, 3.8) is 0 Å². The van der Waals surface area contributed by atoms with Gasteiger partial charge in [-0.3, -0.25) is 0 Å². The van der Waals surface area contributed by atoms with Crippen molar-refractivity contribution >= 4 is 65.8 Å². The van der Waals surface area contributed by atoms with E-state index in [9.17, 15) is 0 Å². The summed E-state index contributed by atoms with van der Waals surface area (Å²) in [5.41, 5.74) is 5.20. The summed E-state index contributed by atoms with van der Waals surface area (Å²) < 4.78 is 0. The smallest absolute Gasteiger partial charge is 1.00 e. The van der Waals surface area contributed by atoms with E-state index < -0.39 is 0 Å². The van der Waals surface area contributed by atoms with Gasteiger partial charge in [0.25, 0.3) is 0 Å². The van der Waals surface area contributed by atoms with Crippen molar-refractivity contribution in [2.24, 2.45) is 0 Å². The van der Waals surface area contributed by atoms with Gasteiger partial charge in [-0.25, -0.2) is 0 Å². The number of halogens is 2. The molecule has 0 nitrogen and oxygen atoms in total. The summed E-state index contributed by atoms with van der Waals surface area (Å²) in [5, 5.41) is 10.6. The van der Waals surface area contributed by atoms with Crippen LogP contribution in [0.25, 0.3) is 84.9 Å². The van der Waals surface area contributed by atoms with E-state index in [2.05, 4.69) is 182 Å². The van der Waals surface area contributed by atoms with E-state index in [1.54, 1.807) is 0 Å². The normalized spacial score (nSPS) is 10.7. The molecular weight excluding hydrogens is 866 g/mol. The van der Waals surface area contributed by atoms with E-state index in [4.69, 9.17) is 0 Å². The molecule has 0 aliphatic heterocycles. The number of rotatable bonds is 4. The van der Waals surface area contributed by atoms with Crippen LogP contribution in [-0.2, 0) is 25.8 Å². The zero-order valence-corrected chi connectivity index (χ0v) is 34.1. The van der Waals surface area contributed by atoms with E-state index in [0.717, 1.165) is 0 Å². The first-order valence-electron chi connectivity index (χ1n) is 16.2. The van der Waals surface area contributed by atoms with Gasteiger partial charge in [0.1, 0.15) is 0 Å². The molecule has 2 aromatic heterocycles. The first-order valence-corrected chi connectivity index (χ1v) is 17.9. The monoisotopic (exact) mass is 896 g/mol. The van der Waals surface area contributed by atoms with Gasteiger partial charge in [0.15, 0.2) is 0 Å². The van der Waals surface area contributed by atoms with Crippen LogP contribution in [0.4, 0.5) is 0 Å². The van der Waals surface area contributed by atoms with Crippen LogP contribution in [-0.4, -0.2) is 0 Å². The van der Waals surface area contributed by atoms with Gasteiger partial charge in [-0.1, -0.05) is 156 Å². The van der Waals surface area contributed by atoms with E-state index in [-0.39, 0.29) is 50.7 Å². The molecule has 0 fully saturated rings. The molecule has 0 aliphatic carbocycles. The summed E-state index contributed by atoms with van der Waals surface area (Å²) in [4.78, 5) is 5.30. The minimum absolute atomic E-state index is 0. The van der Waals surface area contributed by atoms with Gasteiger partial charge < -0.3 is 24.8 Å². The summed E-state index contributed by atoms with van der Waals surface area (Å²) in [6.07, 6.45) is 0. The van der Waals surface area contributed by atoms with Crippen molar-refractivity contribution in [3.05, 3.63) is 182 Å². The van der Waals surface area contributed by atoms with Crippen LogP contribution in [0, 0.1) is 0 Å². The fourth-order valence-electron chi connectivity index (χ4n) is 6.71. The predicted molar refractivity (Wildman–Crippen MR) is 212 cm³/mol. The second-order valence-electron chi connectivity index (χ2n) is 12.1. The molecule has 0 saturated carbocycles. The molecule has 0 aliphatic rings. The molecule has 0 spiro atoms. The third kappa shape index (κ3) is 7.33. The number of hydrogen-bond donors (Lipinski definition) is 0. The Kier molecular flexibility index (Phi) is 11.6. The Morgan fingerprint density at radius 2 is 0.706 bits per heavy atom. The number of hydrogen-bond acceptors (Lipinski definition) is 2. The average molecular weight is 896 g/mol. The Hall–Kier alpha value is -4.09. The topological polar surface area (TPSA) is 0 Å². The Morgan fingerprint density at radius 1 is 0.333 bits per heavy atom. The maximum Gasteiger partial charge on any atom is 4.00 e. The van der Waals surface area contributed by atoms with Crippen LogP contribution in [0.2, 0.25) is 0 Å². The molecule has 0 radical (unpaired) electrons. The van der Waals surface area contributed by atoms with E-state index in [0.29, 0.717) is 0 Å². The summed E-state index contributed by atoms with van der Waals surface area (Å²) in [6.45, 7) is 0. The number of benzene rings is 6. The summed E-state index contributed by atoms with van der Waals surface area (Å²) >= 11 is 3.72. The zero-order chi connectivity index (χ0) is 31.9. The van der Waals surface area contributed by atoms with Gasteiger partial charge in [0.2, 0.25) is 0 Å². The van der Waals surface area contributed by atoms with Crippen molar-refractivity contribution in [1.82, 2.24) is 0 Å². The van der Waals surface area contributed by atoms with E-state index >= 15 is 0 Å². The molecule has 10 aromatic rings.